The first-order valence-corrected chi connectivity index (χ1v) is 11.5. The number of fused-ring (bicyclic) bond motifs is 1. The lowest BCUT2D eigenvalue weighted by molar-refractivity contribution is -0.119. The SMILES string of the molecule is COc1ccc([C@H]2[C@@H](C(=O)Nc3cc(C)on3)c3ccccc3C(=O)N2Cc2ccc(F)cc2)cc1. The smallest absolute Gasteiger partial charge is 0.255 e. The molecule has 0 fully saturated rings. The van der Waals surface area contributed by atoms with Crippen LogP contribution >= 0.6 is 0 Å². The van der Waals surface area contributed by atoms with Crippen molar-refractivity contribution in [3.05, 3.63) is 113 Å². The Morgan fingerprint density at radius 1 is 1.08 bits per heavy atom. The molecule has 0 aliphatic carbocycles. The van der Waals surface area contributed by atoms with Gasteiger partial charge in [0.05, 0.1) is 19.1 Å². The molecule has 1 aromatic heterocycles. The third-order valence-electron chi connectivity index (χ3n) is 6.32. The van der Waals surface area contributed by atoms with E-state index in [1.54, 1.807) is 67.5 Å². The number of carbonyl (C=O) groups excluding carboxylic acids is 2. The number of halogens is 1. The molecule has 0 saturated heterocycles. The second-order valence-corrected chi connectivity index (χ2v) is 8.65. The van der Waals surface area contributed by atoms with Gasteiger partial charge in [-0.1, -0.05) is 47.6 Å². The van der Waals surface area contributed by atoms with Gasteiger partial charge in [0.1, 0.15) is 17.3 Å². The Morgan fingerprint density at radius 3 is 2.47 bits per heavy atom. The van der Waals surface area contributed by atoms with Gasteiger partial charge in [-0.3, -0.25) is 9.59 Å². The highest BCUT2D eigenvalue weighted by molar-refractivity contribution is 6.04. The highest BCUT2D eigenvalue weighted by Gasteiger charge is 2.44. The number of methoxy groups -OCH3 is 1. The van der Waals surface area contributed by atoms with E-state index < -0.39 is 12.0 Å². The molecule has 1 N–H and O–H groups in total. The zero-order valence-corrected chi connectivity index (χ0v) is 19.8. The summed E-state index contributed by atoms with van der Waals surface area (Å²) in [6, 6.07) is 21.4. The van der Waals surface area contributed by atoms with Crippen LogP contribution in [-0.2, 0) is 11.3 Å². The highest BCUT2D eigenvalue weighted by atomic mass is 19.1. The molecule has 1 aliphatic rings. The molecule has 0 spiro atoms. The number of amides is 2. The van der Waals surface area contributed by atoms with E-state index in [-0.39, 0.29) is 24.2 Å². The van der Waals surface area contributed by atoms with Crippen LogP contribution in [-0.4, -0.2) is 29.0 Å². The van der Waals surface area contributed by atoms with E-state index in [1.807, 2.05) is 18.2 Å². The van der Waals surface area contributed by atoms with Crippen LogP contribution in [0.3, 0.4) is 0 Å². The third-order valence-corrected chi connectivity index (χ3v) is 6.32. The van der Waals surface area contributed by atoms with E-state index in [9.17, 15) is 14.0 Å². The maximum Gasteiger partial charge on any atom is 0.255 e. The van der Waals surface area contributed by atoms with E-state index in [0.717, 1.165) is 11.1 Å². The van der Waals surface area contributed by atoms with Gasteiger partial charge in [0.25, 0.3) is 5.91 Å². The van der Waals surface area contributed by atoms with Crippen molar-refractivity contribution >= 4 is 17.6 Å². The average molecular weight is 486 g/mol. The van der Waals surface area contributed by atoms with Crippen LogP contribution in [0.25, 0.3) is 0 Å². The molecular weight excluding hydrogens is 461 g/mol. The summed E-state index contributed by atoms with van der Waals surface area (Å²) in [6.45, 7) is 1.93. The number of ether oxygens (including phenoxy) is 1. The van der Waals surface area contributed by atoms with Crippen LogP contribution < -0.4 is 10.1 Å². The van der Waals surface area contributed by atoms with Gasteiger partial charge in [-0.2, -0.15) is 0 Å². The van der Waals surface area contributed by atoms with E-state index in [2.05, 4.69) is 10.5 Å². The van der Waals surface area contributed by atoms with Crippen LogP contribution in [0.4, 0.5) is 10.2 Å². The van der Waals surface area contributed by atoms with Crippen molar-refractivity contribution in [2.45, 2.75) is 25.4 Å². The van der Waals surface area contributed by atoms with Crippen molar-refractivity contribution in [1.82, 2.24) is 10.1 Å². The van der Waals surface area contributed by atoms with Crippen LogP contribution in [0.1, 0.15) is 44.8 Å². The lowest BCUT2D eigenvalue weighted by Gasteiger charge is -2.42. The zero-order chi connectivity index (χ0) is 25.2. The molecule has 3 aromatic carbocycles. The summed E-state index contributed by atoms with van der Waals surface area (Å²) in [5.41, 5.74) is 2.57. The standard InChI is InChI=1S/C28H24FN3O4/c1-17-15-24(31-36-17)30-27(33)25-22-5-3-4-6-23(22)28(34)32(16-18-7-11-20(29)12-8-18)26(25)19-9-13-21(35-2)14-10-19/h3-15,25-26H,16H2,1-2H3,(H,30,31,33)/t25-,26-/m0/s1. The van der Waals surface area contributed by atoms with Gasteiger partial charge in [0, 0.05) is 18.2 Å². The van der Waals surface area contributed by atoms with Crippen LogP contribution in [0, 0.1) is 12.7 Å². The molecule has 0 unspecified atom stereocenters. The van der Waals surface area contributed by atoms with Gasteiger partial charge >= 0.3 is 0 Å². The van der Waals surface area contributed by atoms with E-state index >= 15 is 0 Å². The second-order valence-electron chi connectivity index (χ2n) is 8.65. The predicted molar refractivity (Wildman–Crippen MR) is 131 cm³/mol. The Balaban J connectivity index is 1.63. The van der Waals surface area contributed by atoms with E-state index in [1.165, 1.54) is 12.1 Å². The lowest BCUT2D eigenvalue weighted by Crippen LogP contribution is -2.45. The summed E-state index contributed by atoms with van der Waals surface area (Å²) in [6.07, 6.45) is 0. The van der Waals surface area contributed by atoms with Gasteiger partial charge in [-0.25, -0.2) is 4.39 Å². The first-order valence-electron chi connectivity index (χ1n) is 11.5. The fourth-order valence-electron chi connectivity index (χ4n) is 4.64. The second kappa shape index (κ2) is 9.65. The number of rotatable bonds is 6. The molecule has 2 amide bonds. The molecule has 0 radical (unpaired) electrons. The maximum atomic E-state index is 13.8. The Kier molecular flexibility index (Phi) is 6.25. The van der Waals surface area contributed by atoms with Crippen molar-refractivity contribution in [3.63, 3.8) is 0 Å². The van der Waals surface area contributed by atoms with Crippen molar-refractivity contribution in [3.8, 4) is 5.75 Å². The minimum atomic E-state index is -0.746. The molecule has 8 heteroatoms. The lowest BCUT2D eigenvalue weighted by atomic mass is 9.79. The van der Waals surface area contributed by atoms with E-state index in [4.69, 9.17) is 9.26 Å². The molecule has 4 aromatic rings. The quantitative estimate of drug-likeness (QED) is 0.403. The number of nitrogens with one attached hydrogen (secondary N) is 1. The molecule has 5 rings (SSSR count). The monoisotopic (exact) mass is 485 g/mol. The number of nitrogens with zero attached hydrogens (tertiary/aromatic N) is 2. The first-order chi connectivity index (χ1) is 17.4. The van der Waals surface area contributed by atoms with Crippen molar-refractivity contribution < 1.29 is 23.2 Å². The predicted octanol–water partition coefficient (Wildman–Crippen LogP) is 5.25. The summed E-state index contributed by atoms with van der Waals surface area (Å²) in [5.74, 6) is -0.124. The van der Waals surface area contributed by atoms with Crippen LogP contribution in [0.15, 0.2) is 83.4 Å². The molecule has 0 bridgehead atoms. The molecule has 1 aliphatic heterocycles. The summed E-state index contributed by atoms with van der Waals surface area (Å²) >= 11 is 0. The van der Waals surface area contributed by atoms with Crippen LogP contribution in [0.2, 0.25) is 0 Å². The van der Waals surface area contributed by atoms with Crippen molar-refractivity contribution in [2.24, 2.45) is 0 Å². The Labute approximate surface area is 207 Å². The third kappa shape index (κ3) is 4.45. The molecule has 182 valence electrons. The minimum absolute atomic E-state index is 0.191. The molecular formula is C28H24FN3O4. The highest BCUT2D eigenvalue weighted by Crippen LogP contribution is 2.44. The normalized spacial score (nSPS) is 17.0. The maximum absolute atomic E-state index is 13.8. The molecule has 2 heterocycles. The van der Waals surface area contributed by atoms with Crippen LogP contribution in [0.5, 0.6) is 5.75 Å². The Morgan fingerprint density at radius 2 is 1.81 bits per heavy atom. The number of hydrogen-bond donors (Lipinski definition) is 1. The number of benzene rings is 3. The molecule has 2 atom stereocenters. The largest absolute Gasteiger partial charge is 0.497 e. The molecule has 0 saturated carbocycles. The summed E-state index contributed by atoms with van der Waals surface area (Å²) in [5, 5.41) is 6.74. The van der Waals surface area contributed by atoms with Gasteiger partial charge in [-0.15, -0.1) is 0 Å². The van der Waals surface area contributed by atoms with Gasteiger partial charge in [0.15, 0.2) is 5.82 Å². The van der Waals surface area contributed by atoms with Crippen molar-refractivity contribution in [1.29, 1.82) is 0 Å². The number of hydrogen-bond acceptors (Lipinski definition) is 5. The van der Waals surface area contributed by atoms with Crippen molar-refractivity contribution in [2.75, 3.05) is 12.4 Å². The number of carbonyl (C=O) groups is 2. The van der Waals surface area contributed by atoms with E-state index in [0.29, 0.717) is 28.5 Å². The number of aromatic nitrogens is 1. The van der Waals surface area contributed by atoms with Gasteiger partial charge < -0.3 is 19.5 Å². The minimum Gasteiger partial charge on any atom is -0.497 e. The number of anilines is 1. The van der Waals surface area contributed by atoms with Gasteiger partial charge in [-0.05, 0) is 53.9 Å². The zero-order valence-electron chi connectivity index (χ0n) is 19.8. The molecule has 36 heavy (non-hydrogen) atoms. The molecule has 7 nitrogen and oxygen atoms in total. The fraction of sp³-hybridized carbons (Fsp3) is 0.179. The topological polar surface area (TPSA) is 84.7 Å². The number of aryl methyl sites for hydroxylation is 1. The summed E-state index contributed by atoms with van der Waals surface area (Å²) in [4.78, 5) is 29.2. The van der Waals surface area contributed by atoms with Gasteiger partial charge in [0.2, 0.25) is 5.91 Å². The summed E-state index contributed by atoms with van der Waals surface area (Å²) in [7, 11) is 1.58. The fourth-order valence-corrected chi connectivity index (χ4v) is 4.64. The average Bonchev–Trinajstić information content (AvgIpc) is 3.31. The Hall–Kier alpha value is -4.46. The first kappa shape index (κ1) is 23.3. The Bertz CT molecular complexity index is 1400. The summed E-state index contributed by atoms with van der Waals surface area (Å²) < 4.78 is 24.0.